The number of carbonyl (C=O) groups excluding carboxylic acids is 1. The highest BCUT2D eigenvalue weighted by molar-refractivity contribution is 7.99. The molecular weight excluding hydrogens is 196 g/mol. The molecule has 14 heavy (non-hydrogen) atoms. The summed E-state index contributed by atoms with van der Waals surface area (Å²) in [5, 5.41) is 8.93. The minimum absolute atomic E-state index is 0.0856. The quantitative estimate of drug-likeness (QED) is 0.654. The lowest BCUT2D eigenvalue weighted by molar-refractivity contribution is -0.134. The van der Waals surface area contributed by atoms with Crippen molar-refractivity contribution in [1.82, 2.24) is 4.90 Å². The monoisotopic (exact) mass is 210 g/mol. The van der Waals surface area contributed by atoms with Gasteiger partial charge >= 0.3 is 0 Å². The zero-order chi connectivity index (χ0) is 10.0. The molecule has 0 aromatic carbocycles. The van der Waals surface area contributed by atoms with Crippen LogP contribution in [0.4, 0.5) is 0 Å². The van der Waals surface area contributed by atoms with E-state index in [1.54, 1.807) is 0 Å². The normalized spacial score (nSPS) is 24.9. The minimum atomic E-state index is -0.616. The largest absolute Gasteiger partial charge is 0.340 e. The molecule has 1 saturated carbocycles. The highest BCUT2D eigenvalue weighted by Gasteiger charge is 2.52. The van der Waals surface area contributed by atoms with E-state index in [0.717, 1.165) is 43.9 Å². The van der Waals surface area contributed by atoms with Gasteiger partial charge in [-0.1, -0.05) is 0 Å². The smallest absolute Gasteiger partial charge is 0.243 e. The Labute approximate surface area is 88.4 Å². The standard InChI is InChI=1S/C10H14N2OS/c11-8-10(2-3-10)9(13)12-4-1-6-14-7-5-12/h1-7H2. The lowest BCUT2D eigenvalue weighted by Crippen LogP contribution is -2.38. The predicted molar refractivity (Wildman–Crippen MR) is 55.8 cm³/mol. The van der Waals surface area contributed by atoms with Gasteiger partial charge in [-0.15, -0.1) is 0 Å². The van der Waals surface area contributed by atoms with Gasteiger partial charge in [-0.25, -0.2) is 0 Å². The Morgan fingerprint density at radius 3 is 2.79 bits per heavy atom. The van der Waals surface area contributed by atoms with E-state index in [1.807, 2.05) is 16.7 Å². The number of carbonyl (C=O) groups is 1. The van der Waals surface area contributed by atoms with Crippen LogP contribution in [0, 0.1) is 16.7 Å². The third-order valence-electron chi connectivity index (χ3n) is 2.88. The summed E-state index contributed by atoms with van der Waals surface area (Å²) >= 11 is 1.90. The van der Waals surface area contributed by atoms with Gasteiger partial charge in [-0.05, 0) is 25.0 Å². The van der Waals surface area contributed by atoms with E-state index in [9.17, 15) is 4.79 Å². The molecule has 0 atom stereocenters. The van der Waals surface area contributed by atoms with E-state index in [2.05, 4.69) is 6.07 Å². The Balaban J connectivity index is 2.00. The highest BCUT2D eigenvalue weighted by Crippen LogP contribution is 2.46. The number of thioether (sulfide) groups is 1. The predicted octanol–water partition coefficient (Wildman–Crippen LogP) is 1.26. The van der Waals surface area contributed by atoms with Crippen molar-refractivity contribution in [3.63, 3.8) is 0 Å². The maximum atomic E-state index is 12.0. The van der Waals surface area contributed by atoms with Crippen LogP contribution in [-0.4, -0.2) is 35.4 Å². The summed E-state index contributed by atoms with van der Waals surface area (Å²) in [7, 11) is 0. The first-order chi connectivity index (χ1) is 6.78. The van der Waals surface area contributed by atoms with Gasteiger partial charge in [0.25, 0.3) is 0 Å². The molecule has 2 rings (SSSR count). The Morgan fingerprint density at radius 1 is 1.36 bits per heavy atom. The topological polar surface area (TPSA) is 44.1 Å². The van der Waals surface area contributed by atoms with Crippen molar-refractivity contribution in [2.75, 3.05) is 24.6 Å². The average Bonchev–Trinajstić information content (AvgIpc) is 3.03. The molecule has 2 fully saturated rings. The third-order valence-corrected chi connectivity index (χ3v) is 3.93. The molecule has 0 unspecified atom stereocenters. The van der Waals surface area contributed by atoms with Crippen molar-refractivity contribution in [2.45, 2.75) is 19.3 Å². The molecule has 1 aliphatic carbocycles. The first kappa shape index (κ1) is 9.85. The number of hydrogen-bond donors (Lipinski definition) is 0. The van der Waals surface area contributed by atoms with Crippen LogP contribution in [0.1, 0.15) is 19.3 Å². The van der Waals surface area contributed by atoms with Crippen LogP contribution in [0.25, 0.3) is 0 Å². The first-order valence-corrected chi connectivity index (χ1v) is 6.22. The van der Waals surface area contributed by atoms with Crippen molar-refractivity contribution in [3.8, 4) is 6.07 Å². The molecule has 0 N–H and O–H groups in total. The second-order valence-electron chi connectivity index (χ2n) is 3.95. The number of hydrogen-bond acceptors (Lipinski definition) is 3. The van der Waals surface area contributed by atoms with Gasteiger partial charge in [0, 0.05) is 18.8 Å². The minimum Gasteiger partial charge on any atom is -0.340 e. The molecule has 0 aromatic rings. The lowest BCUT2D eigenvalue weighted by Gasteiger charge is -2.22. The van der Waals surface area contributed by atoms with E-state index in [4.69, 9.17) is 5.26 Å². The van der Waals surface area contributed by atoms with Crippen molar-refractivity contribution in [1.29, 1.82) is 5.26 Å². The number of nitrogens with zero attached hydrogens (tertiary/aromatic N) is 2. The Morgan fingerprint density at radius 2 is 2.14 bits per heavy atom. The molecule has 0 radical (unpaired) electrons. The van der Waals surface area contributed by atoms with Gasteiger partial charge in [0.1, 0.15) is 5.41 Å². The zero-order valence-electron chi connectivity index (χ0n) is 8.16. The number of rotatable bonds is 1. The molecule has 1 heterocycles. The second-order valence-corrected chi connectivity index (χ2v) is 5.18. The molecule has 0 spiro atoms. The van der Waals surface area contributed by atoms with Crippen LogP contribution in [0.15, 0.2) is 0 Å². The molecule has 4 heteroatoms. The molecule has 1 aliphatic heterocycles. The summed E-state index contributed by atoms with van der Waals surface area (Å²) in [6.45, 7) is 1.67. The van der Waals surface area contributed by atoms with Crippen LogP contribution in [0.2, 0.25) is 0 Å². The van der Waals surface area contributed by atoms with E-state index in [0.29, 0.717) is 0 Å². The van der Waals surface area contributed by atoms with E-state index < -0.39 is 5.41 Å². The summed E-state index contributed by atoms with van der Waals surface area (Å²) in [5.74, 6) is 2.25. The Kier molecular flexibility index (Phi) is 2.69. The summed E-state index contributed by atoms with van der Waals surface area (Å²) in [6.07, 6.45) is 2.61. The van der Waals surface area contributed by atoms with E-state index in [1.165, 1.54) is 0 Å². The molecule has 76 valence electrons. The molecule has 1 saturated heterocycles. The maximum absolute atomic E-state index is 12.0. The van der Waals surface area contributed by atoms with E-state index in [-0.39, 0.29) is 5.91 Å². The van der Waals surface area contributed by atoms with Gasteiger partial charge in [-0.2, -0.15) is 17.0 Å². The summed E-state index contributed by atoms with van der Waals surface area (Å²) in [5.41, 5.74) is -0.616. The molecule has 2 aliphatic rings. The van der Waals surface area contributed by atoms with Crippen LogP contribution < -0.4 is 0 Å². The summed E-state index contributed by atoms with van der Waals surface area (Å²) < 4.78 is 0. The van der Waals surface area contributed by atoms with Gasteiger partial charge in [0.2, 0.25) is 5.91 Å². The fraction of sp³-hybridized carbons (Fsp3) is 0.800. The van der Waals surface area contributed by atoms with E-state index >= 15 is 0 Å². The molecule has 0 bridgehead atoms. The molecule has 3 nitrogen and oxygen atoms in total. The third kappa shape index (κ3) is 1.74. The second kappa shape index (κ2) is 3.82. The van der Waals surface area contributed by atoms with Gasteiger partial charge in [0.05, 0.1) is 6.07 Å². The number of nitriles is 1. The highest BCUT2D eigenvalue weighted by atomic mass is 32.2. The molecule has 0 aromatic heterocycles. The maximum Gasteiger partial charge on any atom is 0.243 e. The van der Waals surface area contributed by atoms with Crippen LogP contribution in [0.3, 0.4) is 0 Å². The van der Waals surface area contributed by atoms with Gasteiger partial charge < -0.3 is 4.90 Å². The number of amides is 1. The Hall–Kier alpha value is -0.690. The van der Waals surface area contributed by atoms with Crippen molar-refractivity contribution in [3.05, 3.63) is 0 Å². The van der Waals surface area contributed by atoms with Crippen LogP contribution in [0.5, 0.6) is 0 Å². The van der Waals surface area contributed by atoms with Crippen molar-refractivity contribution in [2.24, 2.45) is 5.41 Å². The SMILES string of the molecule is N#CC1(C(=O)N2CCCSCC2)CC1. The fourth-order valence-corrected chi connectivity index (χ4v) is 2.64. The molecular formula is C10H14N2OS. The van der Waals surface area contributed by atoms with Gasteiger partial charge in [0.15, 0.2) is 0 Å². The van der Waals surface area contributed by atoms with Crippen molar-refractivity contribution < 1.29 is 4.79 Å². The van der Waals surface area contributed by atoms with Gasteiger partial charge in [-0.3, -0.25) is 4.79 Å². The first-order valence-electron chi connectivity index (χ1n) is 5.07. The average molecular weight is 210 g/mol. The summed E-state index contributed by atoms with van der Waals surface area (Å²) in [4.78, 5) is 13.8. The van der Waals surface area contributed by atoms with Crippen molar-refractivity contribution >= 4 is 17.7 Å². The zero-order valence-corrected chi connectivity index (χ0v) is 8.98. The fourth-order valence-electron chi connectivity index (χ4n) is 1.75. The Bertz CT molecular complexity index is 272. The molecule has 1 amide bonds. The summed E-state index contributed by atoms with van der Waals surface area (Å²) in [6, 6.07) is 2.17. The lowest BCUT2D eigenvalue weighted by atomic mass is 10.1. The van der Waals surface area contributed by atoms with Crippen LogP contribution >= 0.6 is 11.8 Å². The van der Waals surface area contributed by atoms with Crippen LogP contribution in [-0.2, 0) is 4.79 Å².